The van der Waals surface area contributed by atoms with E-state index >= 15 is 0 Å². The Hall–Kier alpha value is -2.71. The van der Waals surface area contributed by atoms with Gasteiger partial charge in [0.1, 0.15) is 30.4 Å². The van der Waals surface area contributed by atoms with E-state index in [2.05, 4.69) is 15.3 Å². The Kier molecular flexibility index (Phi) is 6.95. The molecule has 0 unspecified atom stereocenters. The van der Waals surface area contributed by atoms with Gasteiger partial charge in [-0.25, -0.2) is 14.4 Å². The molecule has 0 aliphatic carbocycles. The van der Waals surface area contributed by atoms with E-state index in [4.69, 9.17) is 18.6 Å². The van der Waals surface area contributed by atoms with Gasteiger partial charge in [0, 0.05) is 19.3 Å². The van der Waals surface area contributed by atoms with Gasteiger partial charge in [0.15, 0.2) is 5.58 Å². The number of rotatable bonds is 11. The van der Waals surface area contributed by atoms with E-state index in [1.165, 1.54) is 0 Å². The fourth-order valence-corrected chi connectivity index (χ4v) is 2.38. The molecule has 0 spiro atoms. The second-order valence-electron chi connectivity index (χ2n) is 5.59. The van der Waals surface area contributed by atoms with Crippen molar-refractivity contribution in [3.63, 3.8) is 0 Å². The van der Waals surface area contributed by atoms with E-state index < -0.39 is 6.67 Å². The third-order valence-electron chi connectivity index (χ3n) is 3.72. The van der Waals surface area contributed by atoms with Gasteiger partial charge < -0.3 is 23.9 Å². The molecule has 0 aliphatic heterocycles. The largest absolute Gasteiger partial charge is 0.491 e. The van der Waals surface area contributed by atoms with Crippen molar-refractivity contribution in [2.45, 2.75) is 0 Å². The molecular formula is C19H22FN3O4. The molecule has 1 aromatic carbocycles. The monoisotopic (exact) mass is 374 g/mol. The SMILES string of the molecule is CNc1ccc(-c2nc3cc(OCCOCCOCC[18F])ccc3o2)cn1. The zero-order valence-electron chi connectivity index (χ0n) is 15.1. The number of anilines is 1. The maximum atomic E-state index is 11.8. The molecule has 0 aliphatic rings. The van der Waals surface area contributed by atoms with Crippen molar-refractivity contribution in [3.8, 4) is 17.2 Å². The van der Waals surface area contributed by atoms with Crippen molar-refractivity contribution in [1.29, 1.82) is 0 Å². The summed E-state index contributed by atoms with van der Waals surface area (Å²) in [6, 6.07) is 9.23. The summed E-state index contributed by atoms with van der Waals surface area (Å²) in [5.74, 6) is 1.97. The van der Waals surface area contributed by atoms with E-state index in [0.717, 1.165) is 11.4 Å². The molecule has 0 saturated heterocycles. The zero-order valence-corrected chi connectivity index (χ0v) is 15.1. The van der Waals surface area contributed by atoms with Crippen LogP contribution in [0.1, 0.15) is 0 Å². The minimum Gasteiger partial charge on any atom is -0.491 e. The first-order chi connectivity index (χ1) is 13.3. The van der Waals surface area contributed by atoms with Crippen LogP contribution in [-0.4, -0.2) is 56.7 Å². The highest BCUT2D eigenvalue weighted by atomic mass is 18.2. The number of oxazole rings is 1. The van der Waals surface area contributed by atoms with Crippen molar-refractivity contribution >= 4 is 16.9 Å². The van der Waals surface area contributed by atoms with Crippen LogP contribution in [0.3, 0.4) is 0 Å². The predicted molar refractivity (Wildman–Crippen MR) is 99.9 cm³/mol. The van der Waals surface area contributed by atoms with Crippen LogP contribution in [0.5, 0.6) is 5.75 Å². The maximum Gasteiger partial charge on any atom is 0.228 e. The molecule has 3 rings (SSSR count). The molecule has 2 aromatic heterocycles. The number of nitrogens with one attached hydrogen (secondary N) is 1. The second-order valence-corrected chi connectivity index (χ2v) is 5.59. The Labute approximate surface area is 156 Å². The topological polar surface area (TPSA) is 78.6 Å². The molecule has 2 heterocycles. The normalized spacial score (nSPS) is 11.0. The summed E-state index contributed by atoms with van der Waals surface area (Å²) in [6.45, 7) is 1.23. The molecule has 144 valence electrons. The van der Waals surface area contributed by atoms with Gasteiger partial charge in [-0.1, -0.05) is 0 Å². The Morgan fingerprint density at radius 3 is 2.59 bits per heavy atom. The summed E-state index contributed by atoms with van der Waals surface area (Å²) in [7, 11) is 1.81. The maximum absolute atomic E-state index is 11.8. The lowest BCUT2D eigenvalue weighted by molar-refractivity contribution is 0.0325. The fraction of sp³-hybridized carbons (Fsp3) is 0.368. The lowest BCUT2D eigenvalue weighted by atomic mass is 10.3. The molecule has 0 saturated carbocycles. The molecule has 0 amide bonds. The van der Waals surface area contributed by atoms with Crippen LogP contribution in [-0.2, 0) is 9.47 Å². The molecule has 0 bridgehead atoms. The smallest absolute Gasteiger partial charge is 0.228 e. The number of benzene rings is 1. The summed E-state index contributed by atoms with van der Waals surface area (Å²) in [6.07, 6.45) is 1.71. The van der Waals surface area contributed by atoms with E-state index in [1.807, 2.05) is 37.4 Å². The third-order valence-corrected chi connectivity index (χ3v) is 3.72. The molecule has 7 nitrogen and oxygen atoms in total. The van der Waals surface area contributed by atoms with Crippen molar-refractivity contribution in [2.24, 2.45) is 0 Å². The second kappa shape index (κ2) is 9.84. The molecular weight excluding hydrogens is 352 g/mol. The highest BCUT2D eigenvalue weighted by molar-refractivity contribution is 5.77. The summed E-state index contributed by atoms with van der Waals surface area (Å²) in [4.78, 5) is 8.77. The van der Waals surface area contributed by atoms with Crippen LogP contribution in [0.2, 0.25) is 0 Å². The average molecular weight is 374 g/mol. The van der Waals surface area contributed by atoms with E-state index in [0.29, 0.717) is 49.2 Å². The Morgan fingerprint density at radius 1 is 1.04 bits per heavy atom. The van der Waals surface area contributed by atoms with Gasteiger partial charge in [0.25, 0.3) is 0 Å². The van der Waals surface area contributed by atoms with E-state index in [-0.39, 0.29) is 6.61 Å². The number of hydrogen-bond donors (Lipinski definition) is 1. The lowest BCUT2D eigenvalue weighted by Gasteiger charge is -2.07. The highest BCUT2D eigenvalue weighted by Gasteiger charge is 2.10. The third kappa shape index (κ3) is 5.38. The van der Waals surface area contributed by atoms with Crippen molar-refractivity contribution in [3.05, 3.63) is 36.5 Å². The number of hydrogen-bond acceptors (Lipinski definition) is 7. The highest BCUT2D eigenvalue weighted by Crippen LogP contribution is 2.27. The lowest BCUT2D eigenvalue weighted by Crippen LogP contribution is -2.11. The minimum atomic E-state index is -0.479. The van der Waals surface area contributed by atoms with Crippen molar-refractivity contribution in [1.82, 2.24) is 9.97 Å². The number of ether oxygens (including phenoxy) is 3. The number of alkyl halides is 1. The number of fused-ring (bicyclic) bond motifs is 1. The van der Waals surface area contributed by atoms with Crippen molar-refractivity contribution in [2.75, 3.05) is 52.1 Å². The number of aromatic nitrogens is 2. The Balaban J connectivity index is 1.52. The molecule has 8 heteroatoms. The number of nitrogens with zero attached hydrogens (tertiary/aromatic N) is 2. The van der Waals surface area contributed by atoms with Crippen LogP contribution in [0.15, 0.2) is 40.9 Å². The van der Waals surface area contributed by atoms with Crippen LogP contribution < -0.4 is 10.1 Å². The van der Waals surface area contributed by atoms with Gasteiger partial charge in [-0.3, -0.25) is 0 Å². The van der Waals surface area contributed by atoms with Crippen molar-refractivity contribution < 1.29 is 23.0 Å². The molecule has 3 aromatic rings. The van der Waals surface area contributed by atoms with Crippen LogP contribution in [0.25, 0.3) is 22.6 Å². The fourth-order valence-electron chi connectivity index (χ4n) is 2.38. The molecule has 27 heavy (non-hydrogen) atoms. The van der Waals surface area contributed by atoms with Gasteiger partial charge in [0.05, 0.1) is 32.0 Å². The van der Waals surface area contributed by atoms with E-state index in [9.17, 15) is 4.39 Å². The molecule has 0 radical (unpaired) electrons. The van der Waals surface area contributed by atoms with Gasteiger partial charge >= 0.3 is 0 Å². The van der Waals surface area contributed by atoms with Crippen LogP contribution in [0.4, 0.5) is 10.2 Å². The standard InChI is InChI=1S/C19H22FN3O4/c1-21-18-5-2-14(13-22-18)19-23-16-12-15(3-4-17(16)27-19)26-11-10-25-9-8-24-7-6-20/h2-5,12-13H,6-11H2,1H3,(H,21,22)/i20-1. The van der Waals surface area contributed by atoms with Gasteiger partial charge in [0.2, 0.25) is 5.89 Å². The average Bonchev–Trinajstić information content (AvgIpc) is 3.13. The Morgan fingerprint density at radius 2 is 1.85 bits per heavy atom. The summed E-state index contributed by atoms with van der Waals surface area (Å²) >= 11 is 0. The van der Waals surface area contributed by atoms with E-state index in [1.54, 1.807) is 6.20 Å². The number of halogens is 1. The summed E-state index contributed by atoms with van der Waals surface area (Å²) in [5, 5.41) is 2.97. The zero-order chi connectivity index (χ0) is 18.9. The number of pyridine rings is 1. The first kappa shape index (κ1) is 19.1. The van der Waals surface area contributed by atoms with Gasteiger partial charge in [-0.15, -0.1) is 0 Å². The first-order valence-corrected chi connectivity index (χ1v) is 8.69. The molecule has 0 fully saturated rings. The molecule has 1 N–H and O–H groups in total. The summed E-state index contributed by atoms with van der Waals surface area (Å²) < 4.78 is 33.6. The predicted octanol–water partition coefficient (Wildman–Crippen LogP) is 3.31. The van der Waals surface area contributed by atoms with Gasteiger partial charge in [-0.05, 0) is 24.3 Å². The van der Waals surface area contributed by atoms with Gasteiger partial charge in [-0.2, -0.15) is 0 Å². The summed E-state index contributed by atoms with van der Waals surface area (Å²) in [5.41, 5.74) is 2.19. The van der Waals surface area contributed by atoms with Crippen LogP contribution >= 0.6 is 0 Å². The Bertz CT molecular complexity index is 839. The quantitative estimate of drug-likeness (QED) is 0.516. The first-order valence-electron chi connectivity index (χ1n) is 8.69. The van der Waals surface area contributed by atoms with Crippen LogP contribution in [0, 0.1) is 0 Å². The molecule has 0 atom stereocenters. The minimum absolute atomic E-state index is 0.106.